The van der Waals surface area contributed by atoms with Gasteiger partial charge >= 0.3 is 0 Å². The molecule has 2 aromatic carbocycles. The zero-order valence-electron chi connectivity index (χ0n) is 10.6. The van der Waals surface area contributed by atoms with E-state index < -0.39 is 11.6 Å². The van der Waals surface area contributed by atoms with Crippen LogP contribution in [0, 0.1) is 18.6 Å². The number of nitrogens with two attached hydrogens (primary N) is 1. The lowest BCUT2D eigenvalue weighted by molar-refractivity contribution is 0.296. The fourth-order valence-corrected chi connectivity index (χ4v) is 1.82. The average Bonchev–Trinajstić information content (AvgIpc) is 2.40. The first-order chi connectivity index (χ1) is 9.10. The third-order valence-corrected chi connectivity index (χ3v) is 2.83. The van der Waals surface area contributed by atoms with Crippen molar-refractivity contribution in [3.63, 3.8) is 0 Å². The van der Waals surface area contributed by atoms with Gasteiger partial charge in [0.15, 0.2) is 0 Å². The fourth-order valence-electron chi connectivity index (χ4n) is 1.82. The van der Waals surface area contributed by atoms with Crippen LogP contribution in [0.4, 0.5) is 8.78 Å². The van der Waals surface area contributed by atoms with Gasteiger partial charge in [-0.3, -0.25) is 0 Å². The predicted octanol–water partition coefficient (Wildman–Crippen LogP) is 3.31. The Balaban J connectivity index is 2.16. The number of rotatable bonds is 4. The van der Waals surface area contributed by atoms with Gasteiger partial charge in [-0.15, -0.1) is 0 Å². The number of halogens is 2. The van der Waals surface area contributed by atoms with Crippen LogP contribution >= 0.6 is 0 Å². The molecule has 0 heterocycles. The van der Waals surface area contributed by atoms with Crippen molar-refractivity contribution < 1.29 is 13.5 Å². The van der Waals surface area contributed by atoms with E-state index in [2.05, 4.69) is 0 Å². The monoisotopic (exact) mass is 263 g/mol. The van der Waals surface area contributed by atoms with Crippen LogP contribution in [-0.2, 0) is 13.2 Å². The van der Waals surface area contributed by atoms with Crippen LogP contribution < -0.4 is 10.5 Å². The molecule has 0 aliphatic heterocycles. The number of aryl methyl sites for hydroxylation is 1. The number of benzene rings is 2. The summed E-state index contributed by atoms with van der Waals surface area (Å²) >= 11 is 0. The maximum Gasteiger partial charge on any atom is 0.130 e. The summed E-state index contributed by atoms with van der Waals surface area (Å²) < 4.78 is 32.0. The quantitative estimate of drug-likeness (QED) is 0.918. The van der Waals surface area contributed by atoms with Crippen LogP contribution in [0.3, 0.4) is 0 Å². The van der Waals surface area contributed by atoms with Crippen LogP contribution in [-0.4, -0.2) is 0 Å². The van der Waals surface area contributed by atoms with Crippen molar-refractivity contribution in [2.45, 2.75) is 20.1 Å². The molecule has 0 atom stereocenters. The third-order valence-electron chi connectivity index (χ3n) is 2.83. The maximum atomic E-state index is 13.4. The van der Waals surface area contributed by atoms with Crippen molar-refractivity contribution >= 4 is 0 Å². The average molecular weight is 263 g/mol. The lowest BCUT2D eigenvalue weighted by Gasteiger charge is -2.11. The second-order valence-electron chi connectivity index (χ2n) is 4.34. The summed E-state index contributed by atoms with van der Waals surface area (Å²) in [7, 11) is 0. The second kappa shape index (κ2) is 5.80. The van der Waals surface area contributed by atoms with E-state index in [1.165, 1.54) is 0 Å². The third kappa shape index (κ3) is 3.29. The van der Waals surface area contributed by atoms with Gasteiger partial charge in [0.2, 0.25) is 0 Å². The van der Waals surface area contributed by atoms with E-state index in [4.69, 9.17) is 10.5 Å². The molecule has 0 bridgehead atoms. The van der Waals surface area contributed by atoms with Crippen molar-refractivity contribution in [2.24, 2.45) is 5.73 Å². The molecule has 0 aromatic heterocycles. The lowest BCUT2D eigenvalue weighted by atomic mass is 10.1. The summed E-state index contributed by atoms with van der Waals surface area (Å²) in [6, 6.07) is 8.89. The molecule has 2 N–H and O–H groups in total. The van der Waals surface area contributed by atoms with Gasteiger partial charge in [-0.1, -0.05) is 17.7 Å². The minimum absolute atomic E-state index is 0.0281. The smallest absolute Gasteiger partial charge is 0.130 e. The van der Waals surface area contributed by atoms with Gasteiger partial charge < -0.3 is 10.5 Å². The summed E-state index contributed by atoms with van der Waals surface area (Å²) in [5, 5.41) is 0. The van der Waals surface area contributed by atoms with Crippen LogP contribution in [0.25, 0.3) is 0 Å². The number of ether oxygens (including phenoxy) is 1. The highest BCUT2D eigenvalue weighted by molar-refractivity contribution is 5.37. The van der Waals surface area contributed by atoms with Gasteiger partial charge in [-0.2, -0.15) is 0 Å². The van der Waals surface area contributed by atoms with Gasteiger partial charge in [0, 0.05) is 17.7 Å². The minimum Gasteiger partial charge on any atom is -0.488 e. The Bertz CT molecular complexity index is 584. The van der Waals surface area contributed by atoms with Crippen molar-refractivity contribution in [3.05, 3.63) is 64.7 Å². The Hall–Kier alpha value is -1.94. The molecule has 19 heavy (non-hydrogen) atoms. The molecule has 0 saturated carbocycles. The Kier molecular flexibility index (Phi) is 4.12. The van der Waals surface area contributed by atoms with Gasteiger partial charge in [-0.25, -0.2) is 8.78 Å². The first-order valence-corrected chi connectivity index (χ1v) is 5.96. The van der Waals surface area contributed by atoms with E-state index in [9.17, 15) is 8.78 Å². The molecule has 0 radical (unpaired) electrons. The molecule has 0 saturated heterocycles. The zero-order valence-corrected chi connectivity index (χ0v) is 10.6. The standard InChI is InChI=1S/C15H15F2NO/c1-10-2-5-15(11(6-10)8-18)19-9-12-7-13(16)3-4-14(12)17/h2-7H,8-9,18H2,1H3. The molecule has 2 aromatic rings. The van der Waals surface area contributed by atoms with Crippen molar-refractivity contribution in [1.82, 2.24) is 0 Å². The Morgan fingerprint density at radius 2 is 1.84 bits per heavy atom. The van der Waals surface area contributed by atoms with Gasteiger partial charge in [0.1, 0.15) is 24.0 Å². The highest BCUT2D eigenvalue weighted by atomic mass is 19.1. The van der Waals surface area contributed by atoms with E-state index in [0.717, 1.165) is 29.3 Å². The SMILES string of the molecule is Cc1ccc(OCc2cc(F)ccc2F)c(CN)c1. The van der Waals surface area contributed by atoms with Crippen LogP contribution in [0.15, 0.2) is 36.4 Å². The first-order valence-electron chi connectivity index (χ1n) is 5.96. The topological polar surface area (TPSA) is 35.2 Å². The van der Waals surface area contributed by atoms with Gasteiger partial charge in [0.25, 0.3) is 0 Å². The van der Waals surface area contributed by atoms with Gasteiger partial charge in [-0.05, 0) is 31.2 Å². The lowest BCUT2D eigenvalue weighted by Crippen LogP contribution is -2.04. The minimum atomic E-state index is -0.484. The molecule has 0 amide bonds. The first kappa shape index (κ1) is 13.5. The van der Waals surface area contributed by atoms with Crippen LogP contribution in [0.2, 0.25) is 0 Å². The largest absolute Gasteiger partial charge is 0.488 e. The Labute approximate surface area is 110 Å². The number of hydrogen-bond donors (Lipinski definition) is 1. The van der Waals surface area contributed by atoms with Crippen LogP contribution in [0.1, 0.15) is 16.7 Å². The zero-order chi connectivity index (χ0) is 13.8. The number of hydrogen-bond acceptors (Lipinski definition) is 2. The molecular weight excluding hydrogens is 248 g/mol. The summed E-state index contributed by atoms with van der Waals surface area (Å²) in [5.74, 6) is -0.373. The summed E-state index contributed by atoms with van der Waals surface area (Å²) in [6.07, 6.45) is 0. The van der Waals surface area contributed by atoms with Crippen molar-refractivity contribution in [3.8, 4) is 5.75 Å². The molecule has 0 aliphatic rings. The molecule has 2 nitrogen and oxygen atoms in total. The highest BCUT2D eigenvalue weighted by Crippen LogP contribution is 2.21. The van der Waals surface area contributed by atoms with E-state index in [-0.39, 0.29) is 12.2 Å². The van der Waals surface area contributed by atoms with Gasteiger partial charge in [0.05, 0.1) is 0 Å². The summed E-state index contributed by atoms with van der Waals surface area (Å²) in [5.41, 5.74) is 7.73. The molecular formula is C15H15F2NO. The molecule has 0 fully saturated rings. The molecule has 2 rings (SSSR count). The molecule has 0 unspecified atom stereocenters. The van der Waals surface area contributed by atoms with Crippen molar-refractivity contribution in [2.75, 3.05) is 0 Å². The molecule has 0 aliphatic carbocycles. The molecule has 0 spiro atoms. The summed E-state index contributed by atoms with van der Waals surface area (Å²) in [4.78, 5) is 0. The van der Waals surface area contributed by atoms with E-state index >= 15 is 0 Å². The Morgan fingerprint density at radius 3 is 2.58 bits per heavy atom. The fraction of sp³-hybridized carbons (Fsp3) is 0.200. The van der Waals surface area contributed by atoms with E-state index in [1.807, 2.05) is 19.1 Å². The highest BCUT2D eigenvalue weighted by Gasteiger charge is 2.07. The molecule has 100 valence electrons. The normalized spacial score (nSPS) is 10.5. The predicted molar refractivity (Wildman–Crippen MR) is 69.8 cm³/mol. The van der Waals surface area contributed by atoms with Crippen LogP contribution in [0.5, 0.6) is 5.75 Å². The Morgan fingerprint density at radius 1 is 1.05 bits per heavy atom. The molecule has 4 heteroatoms. The summed E-state index contributed by atoms with van der Waals surface area (Å²) in [6.45, 7) is 2.26. The maximum absolute atomic E-state index is 13.4. The van der Waals surface area contributed by atoms with E-state index in [1.54, 1.807) is 6.07 Å². The second-order valence-corrected chi connectivity index (χ2v) is 4.34. The van der Waals surface area contributed by atoms with E-state index in [0.29, 0.717) is 12.3 Å². The van der Waals surface area contributed by atoms with Crippen molar-refractivity contribution in [1.29, 1.82) is 0 Å².